The van der Waals surface area contributed by atoms with Crippen molar-refractivity contribution in [2.75, 3.05) is 118 Å². The van der Waals surface area contributed by atoms with Crippen molar-refractivity contribution in [3.8, 4) is 0 Å². The van der Waals surface area contributed by atoms with Gasteiger partial charge in [0.1, 0.15) is 23.9 Å². The van der Waals surface area contributed by atoms with Crippen molar-refractivity contribution in [3.05, 3.63) is 58.8 Å². The Bertz CT molecular complexity index is 3910. The Balaban J connectivity index is 0.000000383. The van der Waals surface area contributed by atoms with Gasteiger partial charge in [0.15, 0.2) is 15.0 Å². The number of sulfone groups is 1. The first-order valence-electron chi connectivity index (χ1n) is 47.9. The Morgan fingerprint density at radius 3 is 1.41 bits per heavy atom. The van der Waals surface area contributed by atoms with Crippen LogP contribution in [0.15, 0.2) is 36.5 Å². The molecule has 7 heterocycles. The van der Waals surface area contributed by atoms with Crippen LogP contribution in [0.3, 0.4) is 0 Å². The predicted molar refractivity (Wildman–Crippen MR) is 502 cm³/mol. The number of nitrogens with two attached hydrogens (primary N) is 2. The Hall–Kier alpha value is -5.63. The van der Waals surface area contributed by atoms with Gasteiger partial charge < -0.3 is 70.9 Å². The smallest absolute Gasteiger partial charge is 0.430 e. The summed E-state index contributed by atoms with van der Waals surface area (Å²) in [5.74, 6) is 5.86. The van der Waals surface area contributed by atoms with Crippen molar-refractivity contribution in [1.82, 2.24) is 30.7 Å². The minimum absolute atomic E-state index is 0. The number of rotatable bonds is 14. The third-order valence-electron chi connectivity index (χ3n) is 30.9. The number of benzene rings is 1. The highest BCUT2D eigenvalue weighted by Crippen LogP contribution is 2.67. The maximum Gasteiger partial charge on any atom is 0.430 e. The molecule has 8 N–H and O–H groups in total. The SMILES string of the molecule is C.CC12CCCC1CCC2.CC1CC2(C)CCC1C2(C)C.CC1CC2C3CCC(C3)C2C1.CC1CCS(=O)(=O)C1.CC1CCSC1=O.CN.CNC(=O)C(C)C(OC)[C@@H]1CCCN1C.CNC(=O)C(C)C(OC)[C@@H]1CCC[NH2+]1.CNC(=O)c1cc(C(F)(F)F)cc(C(F)(F)F)c1.COC(C(C)C(=O)O)[C@@H]1CCCN1C.Cc1ccc(N2CCC(C(F)(F)F)CC2)nc1.O=C([O-])C(F)(F)F. The van der Waals surface area contributed by atoms with Crippen LogP contribution in [0, 0.1) is 106 Å². The van der Waals surface area contributed by atoms with E-state index >= 15 is 0 Å². The number of carboxylic acid groups (broad SMARTS) is 2. The minimum Gasteiger partial charge on any atom is -0.542 e. The van der Waals surface area contributed by atoms with Crippen LogP contribution in [0.1, 0.15) is 265 Å². The van der Waals surface area contributed by atoms with Crippen molar-refractivity contribution < 1.29 is 120 Å². The molecule has 36 heteroatoms. The van der Waals surface area contributed by atoms with Gasteiger partial charge in [0.2, 0.25) is 11.8 Å². The quantitative estimate of drug-likeness (QED) is 0.0957. The fraction of sp³-hybridized carbons (Fsp3) is 0.827. The number of ether oxygens (including phenoxy) is 3. The number of aryl methyl sites for hydroxylation is 1. The Labute approximate surface area is 796 Å². The number of likely N-dealkylation sites (tertiary alicyclic amines) is 2. The first-order valence-corrected chi connectivity index (χ1v) is 50.7. The molecule has 6 aliphatic heterocycles. The number of carbonyl (C=O) groups is 6. The van der Waals surface area contributed by atoms with Gasteiger partial charge in [0.25, 0.3) is 5.91 Å². The normalized spacial score (nSPS) is 29.6. The molecular weight excluding hydrogens is 1800 g/mol. The third kappa shape index (κ3) is 36.5. The molecule has 1 aromatic carbocycles. The van der Waals surface area contributed by atoms with Crippen molar-refractivity contribution >= 4 is 62.2 Å². The highest BCUT2D eigenvalue weighted by Gasteiger charge is 2.59. The van der Waals surface area contributed by atoms with Gasteiger partial charge in [-0.05, 0) is 276 Å². The Morgan fingerprint density at radius 1 is 0.627 bits per heavy atom. The molecule has 15 rings (SSSR count). The number of nitrogens with one attached hydrogen (secondary N) is 3. The number of quaternary nitrogens is 1. The summed E-state index contributed by atoms with van der Waals surface area (Å²) >= 11 is 1.47. The number of halogens is 12. The van der Waals surface area contributed by atoms with E-state index in [1.165, 1.54) is 113 Å². The number of amides is 3. The van der Waals surface area contributed by atoms with Gasteiger partial charge in [-0.2, -0.15) is 52.7 Å². The number of aliphatic carboxylic acids is 2. The van der Waals surface area contributed by atoms with Crippen LogP contribution in [-0.2, 0) is 60.4 Å². The van der Waals surface area contributed by atoms with E-state index in [0.717, 1.165) is 111 Å². The van der Waals surface area contributed by atoms with E-state index in [-0.39, 0.29) is 74.3 Å². The zero-order valence-electron chi connectivity index (χ0n) is 82.8. The van der Waals surface area contributed by atoms with Crippen molar-refractivity contribution in [1.29, 1.82) is 0 Å². The molecule has 4 bridgehead atoms. The summed E-state index contributed by atoms with van der Waals surface area (Å²) in [5.41, 5.74) is 3.94. The zero-order valence-corrected chi connectivity index (χ0v) is 84.4. The van der Waals surface area contributed by atoms with Crippen molar-refractivity contribution in [2.45, 2.75) is 306 Å². The summed E-state index contributed by atoms with van der Waals surface area (Å²) < 4.78 is 181. The lowest BCUT2D eigenvalue weighted by Gasteiger charge is -2.34. The standard InChI is InChI=1S/C12H15F3N2.C11H22N2O2.C11H18.C11H20.C10H7F6NO.C10H20N2O2.C10H19NO3.C9H16.C5H10O2S.C5H8OS.C2HF3O2.CH5N.CH4/c1-9-2-3-11(16-8-9)17-6-4-10(5-7-17)12(13,14)15;1-8(11(14)12-2)10(15-4)9-6-5-7-13(9)3;1-7-4-10-8-2-3-9(6-8)11(10)5-7;1-8-7-11(4)6-5-9(8)10(11,2)3;1-17-8(18)5-2-6(9(11,12)13)4-7(3-5)10(14,15)16;1-7(10(13)11-2)9(14-3)8-5-4-6-12-8;1-7(10(12)13)9(14-3)8-5-4-6-11(8)2;1-9-6-2-4-8(9)5-3-7-9;1-5-2-3-8(6,7)4-5;1-4-2-3-7-5(4)6;3-2(4,5)1(6)7;1-2;/h2-3,8,10H,4-7H2,1H3;8-10H,5-7H2,1-4H3,(H,12,14);7-11H,2-6H2,1H3;8-9H,5-7H2,1-4H3;2-4H,1H3,(H,17,18);7-9,12H,4-6H2,1-3H3,(H,11,13);7-9H,4-6H2,1-3H3,(H,12,13);8H,2-7H2,1H3;5H,2-4H2,1H3;4H,2-3H2,1H3;(H,6,7);2H2,1H3;1H4/t;8?,9-,10?;;;;2*7?,8-,9?;;;;;;/m.0...00....../s1. The average molecular weight is 1970 g/mol. The summed E-state index contributed by atoms with van der Waals surface area (Å²) in [6.45, 7) is 30.5. The number of carbonyl (C=O) groups excluding carboxylic acids is 5. The van der Waals surface area contributed by atoms with E-state index in [9.17, 15) is 85.1 Å². The van der Waals surface area contributed by atoms with Crippen LogP contribution < -0.4 is 37.0 Å². The van der Waals surface area contributed by atoms with Crippen LogP contribution in [0.2, 0.25) is 0 Å². The predicted octanol–water partition coefficient (Wildman–Crippen LogP) is 17.4. The number of likely N-dealkylation sites (N-methyl/N-ethyl adjacent to an activating group) is 2. The van der Waals surface area contributed by atoms with Crippen LogP contribution >= 0.6 is 11.8 Å². The van der Waals surface area contributed by atoms with Gasteiger partial charge >= 0.3 is 30.7 Å². The summed E-state index contributed by atoms with van der Waals surface area (Å²) in [4.78, 5) is 75.0. The van der Waals surface area contributed by atoms with E-state index in [1.54, 1.807) is 80.6 Å². The van der Waals surface area contributed by atoms with Gasteiger partial charge in [-0.3, -0.25) is 24.0 Å². The fourth-order valence-electron chi connectivity index (χ4n) is 22.7. The van der Waals surface area contributed by atoms with E-state index < -0.39 is 80.9 Å². The van der Waals surface area contributed by atoms with Crippen molar-refractivity contribution in [3.63, 3.8) is 0 Å². The van der Waals surface area contributed by atoms with Gasteiger partial charge in [0, 0.05) is 104 Å². The summed E-state index contributed by atoms with van der Waals surface area (Å²) in [5, 5.41) is 27.7. The lowest BCUT2D eigenvalue weighted by Crippen LogP contribution is -2.89. The molecule has 1 aromatic heterocycles. The molecule has 15 unspecified atom stereocenters. The number of methoxy groups -OCH3 is 3. The monoisotopic (exact) mass is 1970 g/mol. The second-order valence-electron chi connectivity index (χ2n) is 40.2. The largest absolute Gasteiger partial charge is 0.542 e. The molecule has 2 aromatic rings. The number of thioether (sulfide) groups is 1. The highest BCUT2D eigenvalue weighted by molar-refractivity contribution is 8.14. The molecule has 7 saturated carbocycles. The Morgan fingerprint density at radius 2 is 1.11 bits per heavy atom. The van der Waals surface area contributed by atoms with Gasteiger partial charge in [-0.1, -0.05) is 107 Å². The molecular formula is C98H165F12N9O13S2. The van der Waals surface area contributed by atoms with Crippen LogP contribution in [0.25, 0.3) is 0 Å². The maximum atomic E-state index is 12.5. The molecule has 13 aliphatic rings. The van der Waals surface area contributed by atoms with Crippen LogP contribution in [-0.4, -0.2) is 225 Å². The van der Waals surface area contributed by atoms with Crippen molar-refractivity contribution in [2.24, 2.45) is 105 Å². The number of alkyl halides is 12. The maximum absolute atomic E-state index is 12.5. The molecule has 6 saturated heterocycles. The molecule has 13 fully saturated rings. The van der Waals surface area contributed by atoms with Gasteiger partial charge in [0.05, 0.1) is 65.1 Å². The molecule has 776 valence electrons. The second kappa shape index (κ2) is 55.5. The number of aromatic nitrogens is 1. The number of hydrogen-bond donors (Lipinski definition) is 6. The van der Waals surface area contributed by atoms with E-state index in [2.05, 4.69) is 85.1 Å². The summed E-state index contributed by atoms with van der Waals surface area (Å²) in [6, 6.07) is 5.58. The zero-order chi connectivity index (χ0) is 101. The molecule has 0 spiro atoms. The molecule has 0 radical (unpaired) electrons. The number of piperidine rings is 1. The number of nitrogens with zero attached hydrogens (tertiary/aromatic N) is 4. The number of fused-ring (bicyclic) bond motifs is 8. The second-order valence-corrected chi connectivity index (χ2v) is 43.6. The average Bonchev–Trinajstić information content (AvgIpc) is 1.56. The molecule has 3 amide bonds. The first kappa shape index (κ1) is 123. The number of carboxylic acids is 2. The number of anilines is 1. The van der Waals surface area contributed by atoms with Gasteiger partial charge in [-0.25, -0.2) is 13.4 Å². The summed E-state index contributed by atoms with van der Waals surface area (Å²) in [6.07, 6.45) is 13.1. The molecule has 22 nitrogen and oxygen atoms in total. The highest BCUT2D eigenvalue weighted by atomic mass is 32.2. The first-order chi connectivity index (χ1) is 61.9. The van der Waals surface area contributed by atoms with Crippen LogP contribution in [0.5, 0.6) is 0 Å². The van der Waals surface area contributed by atoms with E-state index in [1.807, 2.05) is 64.0 Å². The Kier molecular flexibility index (Phi) is 50.8. The number of pyridine rings is 1. The van der Waals surface area contributed by atoms with E-state index in [0.29, 0.717) is 76.6 Å². The fourth-order valence-corrected chi connectivity index (χ4v) is 25.8. The van der Waals surface area contributed by atoms with Crippen LogP contribution in [0.4, 0.5) is 58.5 Å². The molecule has 18 atom stereocenters. The lowest BCUT2D eigenvalue weighted by molar-refractivity contribution is -0.678. The molecule has 134 heavy (non-hydrogen) atoms. The topological polar surface area (TPSA) is 309 Å². The van der Waals surface area contributed by atoms with E-state index in [4.69, 9.17) is 29.2 Å². The minimum atomic E-state index is -5.19. The third-order valence-corrected chi connectivity index (χ3v) is 33.9. The lowest BCUT2D eigenvalue weighted by atomic mass is 9.71. The van der Waals surface area contributed by atoms with Gasteiger partial charge in [-0.15, -0.1) is 0 Å². The summed E-state index contributed by atoms with van der Waals surface area (Å²) in [7, 11) is 12.5. The molecule has 7 aliphatic carbocycles. The number of hydrogen-bond acceptors (Lipinski definition) is 18.